The zero-order chi connectivity index (χ0) is 11.3. The Morgan fingerprint density at radius 2 is 2.07 bits per heavy atom. The lowest BCUT2D eigenvalue weighted by atomic mass is 10.2. The first-order chi connectivity index (χ1) is 7.16. The maximum Gasteiger partial charge on any atom is 0.137 e. The molecule has 1 rings (SSSR count). The van der Waals surface area contributed by atoms with Gasteiger partial charge < -0.3 is 4.90 Å². The molecule has 4 heteroatoms. The number of anilines is 1. The van der Waals surface area contributed by atoms with Gasteiger partial charge in [0.15, 0.2) is 0 Å². The molecule has 0 spiro atoms. The number of rotatable bonds is 5. The third-order valence-corrected chi connectivity index (χ3v) is 2.84. The second kappa shape index (κ2) is 5.91. The maximum absolute atomic E-state index is 5.94. The van der Waals surface area contributed by atoms with Gasteiger partial charge in [-0.2, -0.15) is 0 Å². The van der Waals surface area contributed by atoms with E-state index in [1.807, 2.05) is 14.0 Å². The van der Waals surface area contributed by atoms with Crippen LogP contribution in [-0.2, 0) is 0 Å². The highest BCUT2D eigenvalue weighted by molar-refractivity contribution is 6.30. The summed E-state index contributed by atoms with van der Waals surface area (Å²) in [7, 11) is 2.04. The van der Waals surface area contributed by atoms with Crippen LogP contribution in [-0.4, -0.2) is 23.6 Å². The lowest BCUT2D eigenvalue weighted by Crippen LogP contribution is -2.21. The second-order valence-corrected chi connectivity index (χ2v) is 4.10. The van der Waals surface area contributed by atoms with Crippen LogP contribution in [0.3, 0.4) is 0 Å². The van der Waals surface area contributed by atoms with Gasteiger partial charge in [0, 0.05) is 19.2 Å². The Labute approximate surface area is 96.5 Å². The summed E-state index contributed by atoms with van der Waals surface area (Å²) >= 11 is 5.94. The van der Waals surface area contributed by atoms with Crippen molar-refractivity contribution in [2.24, 2.45) is 0 Å². The smallest absolute Gasteiger partial charge is 0.137 e. The average Bonchev–Trinajstić information content (AvgIpc) is 2.22. The van der Waals surface area contributed by atoms with Crippen LogP contribution in [0.1, 0.15) is 31.7 Å². The molecule has 0 atom stereocenters. The topological polar surface area (TPSA) is 29.0 Å². The molecular weight excluding hydrogens is 210 g/mol. The molecule has 0 N–H and O–H groups in total. The molecule has 0 aliphatic rings. The number of halogens is 1. The number of nitrogens with zero attached hydrogens (tertiary/aromatic N) is 3. The highest BCUT2D eigenvalue weighted by Crippen LogP contribution is 2.21. The van der Waals surface area contributed by atoms with E-state index in [0.29, 0.717) is 5.15 Å². The van der Waals surface area contributed by atoms with Crippen LogP contribution in [0.2, 0.25) is 5.15 Å². The molecule has 0 saturated heterocycles. The lowest BCUT2D eigenvalue weighted by molar-refractivity contribution is 0.699. The van der Waals surface area contributed by atoms with Gasteiger partial charge in [0.05, 0.1) is 0 Å². The van der Waals surface area contributed by atoms with Crippen LogP contribution in [0.4, 0.5) is 5.82 Å². The van der Waals surface area contributed by atoms with Gasteiger partial charge in [-0.3, -0.25) is 0 Å². The molecule has 84 valence electrons. The van der Waals surface area contributed by atoms with Crippen molar-refractivity contribution in [2.45, 2.75) is 33.1 Å². The van der Waals surface area contributed by atoms with Crippen LogP contribution in [0.15, 0.2) is 6.33 Å². The molecule has 0 unspecified atom stereocenters. The van der Waals surface area contributed by atoms with Crippen molar-refractivity contribution in [1.82, 2.24) is 9.97 Å². The van der Waals surface area contributed by atoms with Gasteiger partial charge in [0.25, 0.3) is 0 Å². The minimum Gasteiger partial charge on any atom is -0.359 e. The van der Waals surface area contributed by atoms with E-state index in [1.165, 1.54) is 25.6 Å². The van der Waals surface area contributed by atoms with Gasteiger partial charge >= 0.3 is 0 Å². The number of unbranched alkanes of at least 4 members (excludes halogenated alkanes) is 2. The van der Waals surface area contributed by atoms with Crippen molar-refractivity contribution < 1.29 is 0 Å². The maximum atomic E-state index is 5.94. The molecule has 0 aliphatic carbocycles. The van der Waals surface area contributed by atoms with Crippen molar-refractivity contribution in [2.75, 3.05) is 18.5 Å². The van der Waals surface area contributed by atoms with Gasteiger partial charge in [0.2, 0.25) is 0 Å². The first-order valence-electron chi connectivity index (χ1n) is 5.35. The van der Waals surface area contributed by atoms with E-state index < -0.39 is 0 Å². The molecule has 0 amide bonds. The number of hydrogen-bond acceptors (Lipinski definition) is 3. The quantitative estimate of drug-likeness (QED) is 0.572. The fraction of sp³-hybridized carbons (Fsp3) is 0.636. The summed E-state index contributed by atoms with van der Waals surface area (Å²) in [4.78, 5) is 10.3. The van der Waals surface area contributed by atoms with Crippen molar-refractivity contribution >= 4 is 17.4 Å². The van der Waals surface area contributed by atoms with Crippen LogP contribution in [0.25, 0.3) is 0 Å². The van der Waals surface area contributed by atoms with Crippen molar-refractivity contribution in [3.8, 4) is 0 Å². The molecule has 0 aromatic carbocycles. The zero-order valence-corrected chi connectivity index (χ0v) is 10.4. The first-order valence-corrected chi connectivity index (χ1v) is 5.72. The minimum atomic E-state index is 0.544. The number of hydrogen-bond donors (Lipinski definition) is 0. The fourth-order valence-corrected chi connectivity index (χ4v) is 1.64. The summed E-state index contributed by atoms with van der Waals surface area (Å²) in [5, 5.41) is 0.544. The van der Waals surface area contributed by atoms with E-state index in [1.54, 1.807) is 0 Å². The van der Waals surface area contributed by atoms with Crippen molar-refractivity contribution in [1.29, 1.82) is 0 Å². The van der Waals surface area contributed by atoms with Crippen LogP contribution in [0.5, 0.6) is 0 Å². The van der Waals surface area contributed by atoms with Gasteiger partial charge in [-0.1, -0.05) is 31.4 Å². The fourth-order valence-electron chi connectivity index (χ4n) is 1.51. The molecule has 0 saturated carbocycles. The third kappa shape index (κ3) is 3.34. The van der Waals surface area contributed by atoms with E-state index in [4.69, 9.17) is 11.6 Å². The van der Waals surface area contributed by atoms with E-state index in [-0.39, 0.29) is 0 Å². The normalized spacial score (nSPS) is 10.4. The predicted octanol–water partition coefficient (Wildman–Crippen LogP) is 3.06. The summed E-state index contributed by atoms with van der Waals surface area (Å²) in [5.41, 5.74) is 0.957. The lowest BCUT2D eigenvalue weighted by Gasteiger charge is -2.19. The molecule has 1 aromatic rings. The van der Waals surface area contributed by atoms with Crippen molar-refractivity contribution in [3.63, 3.8) is 0 Å². The second-order valence-electron chi connectivity index (χ2n) is 3.74. The molecule has 1 aromatic heterocycles. The van der Waals surface area contributed by atoms with Gasteiger partial charge in [-0.25, -0.2) is 9.97 Å². The van der Waals surface area contributed by atoms with E-state index >= 15 is 0 Å². The molecule has 0 aliphatic heterocycles. The van der Waals surface area contributed by atoms with E-state index in [2.05, 4.69) is 21.8 Å². The summed E-state index contributed by atoms with van der Waals surface area (Å²) in [5.74, 6) is 0.936. The summed E-state index contributed by atoms with van der Waals surface area (Å²) < 4.78 is 0. The SMILES string of the molecule is CCCCCN(C)c1ncnc(Cl)c1C. The Bertz CT molecular complexity index is 315. The highest BCUT2D eigenvalue weighted by atomic mass is 35.5. The Balaban J connectivity index is 2.65. The average molecular weight is 228 g/mol. The Kier molecular flexibility index (Phi) is 4.82. The first kappa shape index (κ1) is 12.2. The third-order valence-electron chi connectivity index (χ3n) is 2.45. The summed E-state index contributed by atoms with van der Waals surface area (Å²) in [6.45, 7) is 5.17. The molecular formula is C11H18ClN3. The Morgan fingerprint density at radius 3 is 2.73 bits per heavy atom. The zero-order valence-electron chi connectivity index (χ0n) is 9.63. The molecule has 0 bridgehead atoms. The van der Waals surface area contributed by atoms with Gasteiger partial charge in [0.1, 0.15) is 17.3 Å². The van der Waals surface area contributed by atoms with Crippen molar-refractivity contribution in [3.05, 3.63) is 17.0 Å². The Hall–Kier alpha value is -0.830. The summed E-state index contributed by atoms with van der Waals surface area (Å²) in [6, 6.07) is 0. The van der Waals surface area contributed by atoms with E-state index in [0.717, 1.165) is 17.9 Å². The minimum absolute atomic E-state index is 0.544. The van der Waals surface area contributed by atoms with Gasteiger partial charge in [-0.05, 0) is 13.3 Å². The molecule has 15 heavy (non-hydrogen) atoms. The van der Waals surface area contributed by atoms with Gasteiger partial charge in [-0.15, -0.1) is 0 Å². The molecule has 0 radical (unpaired) electrons. The molecule has 1 heterocycles. The monoisotopic (exact) mass is 227 g/mol. The van der Waals surface area contributed by atoms with E-state index in [9.17, 15) is 0 Å². The predicted molar refractivity (Wildman–Crippen MR) is 64.6 cm³/mol. The van der Waals surface area contributed by atoms with Crippen LogP contribution in [0, 0.1) is 6.92 Å². The van der Waals surface area contributed by atoms with Crippen LogP contribution >= 0.6 is 11.6 Å². The summed E-state index contributed by atoms with van der Waals surface area (Å²) in [6.07, 6.45) is 5.19. The van der Waals surface area contributed by atoms with Crippen LogP contribution < -0.4 is 4.90 Å². The largest absolute Gasteiger partial charge is 0.359 e. The highest BCUT2D eigenvalue weighted by Gasteiger charge is 2.08. The number of aromatic nitrogens is 2. The standard InChI is InChI=1S/C11H18ClN3/c1-4-5-6-7-15(3)11-9(2)10(12)13-8-14-11/h8H,4-7H2,1-3H3. The molecule has 0 fully saturated rings. The Morgan fingerprint density at radius 1 is 1.33 bits per heavy atom. The molecule has 3 nitrogen and oxygen atoms in total.